The van der Waals surface area contributed by atoms with E-state index in [2.05, 4.69) is 30.8 Å². The molecule has 0 aliphatic rings. The van der Waals surface area contributed by atoms with Gasteiger partial charge in [0.25, 0.3) is 0 Å². The van der Waals surface area contributed by atoms with Gasteiger partial charge in [0, 0.05) is 5.92 Å². The van der Waals surface area contributed by atoms with E-state index in [1.165, 1.54) is 11.1 Å². The van der Waals surface area contributed by atoms with Crippen molar-refractivity contribution in [1.82, 2.24) is 0 Å². The third-order valence-electron chi connectivity index (χ3n) is 3.94. The maximum atomic E-state index is 5.25. The zero-order valence-corrected chi connectivity index (χ0v) is 13.4. The Morgan fingerprint density at radius 2 is 1.32 bits per heavy atom. The lowest BCUT2D eigenvalue weighted by molar-refractivity contribution is 0.414. The lowest BCUT2D eigenvalue weighted by Gasteiger charge is -2.18. The molecule has 0 N–H and O–H groups in total. The van der Waals surface area contributed by atoms with Crippen molar-refractivity contribution in [3.8, 4) is 11.5 Å². The first-order valence-electron chi connectivity index (χ1n) is 7.67. The lowest BCUT2D eigenvalue weighted by atomic mass is 9.87. The van der Waals surface area contributed by atoms with Gasteiger partial charge in [-0.3, -0.25) is 0 Å². The van der Waals surface area contributed by atoms with E-state index in [9.17, 15) is 0 Å². The molecule has 116 valence electrons. The molecular formula is C20H24O2. The van der Waals surface area contributed by atoms with Crippen LogP contribution in [-0.2, 0) is 0 Å². The zero-order chi connectivity index (χ0) is 15.8. The van der Waals surface area contributed by atoms with Crippen LogP contribution in [0.25, 0.3) is 0 Å². The molecule has 2 aromatic carbocycles. The number of hydrogen-bond acceptors (Lipinski definition) is 2. The summed E-state index contributed by atoms with van der Waals surface area (Å²) >= 11 is 0. The molecule has 0 aromatic heterocycles. The number of benzene rings is 2. The van der Waals surface area contributed by atoms with E-state index in [4.69, 9.17) is 9.47 Å². The van der Waals surface area contributed by atoms with Crippen LogP contribution < -0.4 is 9.47 Å². The summed E-state index contributed by atoms with van der Waals surface area (Å²) in [7, 11) is 3.39. The molecule has 0 fully saturated rings. The first kappa shape index (κ1) is 16.2. The third-order valence-corrected chi connectivity index (χ3v) is 3.94. The van der Waals surface area contributed by atoms with Crippen molar-refractivity contribution in [3.63, 3.8) is 0 Å². The molecule has 2 heteroatoms. The molecule has 0 amide bonds. The van der Waals surface area contributed by atoms with Crippen molar-refractivity contribution < 1.29 is 9.47 Å². The van der Waals surface area contributed by atoms with Gasteiger partial charge in [0.1, 0.15) is 11.5 Å². The number of hydrogen-bond donors (Lipinski definition) is 0. The first-order valence-corrected chi connectivity index (χ1v) is 7.67. The number of methoxy groups -OCH3 is 2. The smallest absolute Gasteiger partial charge is 0.118 e. The van der Waals surface area contributed by atoms with Crippen LogP contribution in [0.4, 0.5) is 0 Å². The van der Waals surface area contributed by atoms with Crippen LogP contribution >= 0.6 is 0 Å². The van der Waals surface area contributed by atoms with Gasteiger partial charge in [-0.25, -0.2) is 0 Å². The topological polar surface area (TPSA) is 18.5 Å². The van der Waals surface area contributed by atoms with Crippen molar-refractivity contribution in [2.24, 2.45) is 0 Å². The molecule has 0 radical (unpaired) electrons. The molecule has 2 nitrogen and oxygen atoms in total. The van der Waals surface area contributed by atoms with E-state index >= 15 is 0 Å². The summed E-state index contributed by atoms with van der Waals surface area (Å²) in [5.41, 5.74) is 2.63. The van der Waals surface area contributed by atoms with Crippen LogP contribution in [0.15, 0.2) is 61.2 Å². The molecule has 0 aliphatic carbocycles. The standard InChI is InChI=1S/C20H24O2/c1-4-5-6-7-20(16-8-12-18(21-2)13-9-16)17-10-14-19(22-3)15-11-17/h4,8-15,20H,1,5-7H2,2-3H3. The largest absolute Gasteiger partial charge is 0.497 e. The molecule has 0 saturated heterocycles. The Morgan fingerprint density at radius 3 is 1.68 bits per heavy atom. The highest BCUT2D eigenvalue weighted by atomic mass is 16.5. The van der Waals surface area contributed by atoms with Crippen LogP contribution in [0.1, 0.15) is 36.3 Å². The summed E-state index contributed by atoms with van der Waals surface area (Å²) in [5.74, 6) is 2.17. The molecule has 0 atom stereocenters. The van der Waals surface area contributed by atoms with Crippen molar-refractivity contribution in [2.75, 3.05) is 14.2 Å². The molecule has 0 aliphatic heterocycles. The Bertz CT molecular complexity index is 522. The van der Waals surface area contributed by atoms with Gasteiger partial charge >= 0.3 is 0 Å². The van der Waals surface area contributed by atoms with Crippen molar-refractivity contribution in [1.29, 1.82) is 0 Å². The molecule has 0 heterocycles. The molecule has 0 saturated carbocycles. The Hall–Kier alpha value is -2.22. The fourth-order valence-electron chi connectivity index (χ4n) is 2.66. The maximum Gasteiger partial charge on any atom is 0.118 e. The van der Waals surface area contributed by atoms with Gasteiger partial charge < -0.3 is 9.47 Å². The average molecular weight is 296 g/mol. The number of unbranched alkanes of at least 4 members (excludes halogenated alkanes) is 1. The summed E-state index contributed by atoms with van der Waals surface area (Å²) in [5, 5.41) is 0. The normalized spacial score (nSPS) is 10.5. The highest BCUT2D eigenvalue weighted by Gasteiger charge is 2.14. The minimum Gasteiger partial charge on any atom is -0.497 e. The summed E-state index contributed by atoms with van der Waals surface area (Å²) < 4.78 is 10.5. The van der Waals surface area contributed by atoms with Gasteiger partial charge in [0.15, 0.2) is 0 Å². The second-order valence-electron chi connectivity index (χ2n) is 5.32. The van der Waals surface area contributed by atoms with Crippen LogP contribution in [0, 0.1) is 0 Å². The van der Waals surface area contributed by atoms with Gasteiger partial charge in [-0.1, -0.05) is 30.3 Å². The van der Waals surface area contributed by atoms with Gasteiger partial charge in [0.05, 0.1) is 14.2 Å². The fourth-order valence-corrected chi connectivity index (χ4v) is 2.66. The summed E-state index contributed by atoms with van der Waals surface area (Å²) in [6, 6.07) is 16.7. The molecule has 0 bridgehead atoms. The van der Waals surface area contributed by atoms with Gasteiger partial charge in [-0.2, -0.15) is 0 Å². The summed E-state index contributed by atoms with van der Waals surface area (Å²) in [4.78, 5) is 0. The minimum atomic E-state index is 0.386. The van der Waals surface area contributed by atoms with Crippen LogP contribution in [0.3, 0.4) is 0 Å². The maximum absolute atomic E-state index is 5.25. The number of allylic oxidation sites excluding steroid dienone is 1. The first-order chi connectivity index (χ1) is 10.8. The number of rotatable bonds is 8. The van der Waals surface area contributed by atoms with Crippen LogP contribution in [0.5, 0.6) is 11.5 Å². The minimum absolute atomic E-state index is 0.386. The monoisotopic (exact) mass is 296 g/mol. The Labute approximate surface area is 133 Å². The quantitative estimate of drug-likeness (QED) is 0.493. The molecule has 0 unspecified atom stereocenters. The molecule has 2 aromatic rings. The van der Waals surface area contributed by atoms with Crippen molar-refractivity contribution in [3.05, 3.63) is 72.3 Å². The highest BCUT2D eigenvalue weighted by Crippen LogP contribution is 2.32. The predicted molar refractivity (Wildman–Crippen MR) is 91.9 cm³/mol. The van der Waals surface area contributed by atoms with E-state index < -0.39 is 0 Å². The fraction of sp³-hybridized carbons (Fsp3) is 0.300. The van der Waals surface area contributed by atoms with Crippen LogP contribution in [-0.4, -0.2) is 14.2 Å². The molecule has 22 heavy (non-hydrogen) atoms. The van der Waals surface area contributed by atoms with Crippen LogP contribution in [0.2, 0.25) is 0 Å². The summed E-state index contributed by atoms with van der Waals surface area (Å²) in [6.45, 7) is 3.82. The Morgan fingerprint density at radius 1 is 0.864 bits per heavy atom. The SMILES string of the molecule is C=CCCCC(c1ccc(OC)cc1)c1ccc(OC)cc1. The highest BCUT2D eigenvalue weighted by molar-refractivity contribution is 5.38. The Balaban J connectivity index is 2.25. The van der Waals surface area contributed by atoms with Gasteiger partial charge in [0.2, 0.25) is 0 Å². The molecule has 2 rings (SSSR count). The van der Waals surface area contributed by atoms with E-state index in [1.807, 2.05) is 30.3 Å². The molecule has 0 spiro atoms. The van der Waals surface area contributed by atoms with Crippen molar-refractivity contribution >= 4 is 0 Å². The lowest BCUT2D eigenvalue weighted by Crippen LogP contribution is -2.01. The van der Waals surface area contributed by atoms with E-state index in [0.717, 1.165) is 30.8 Å². The van der Waals surface area contributed by atoms with Gasteiger partial charge in [-0.05, 0) is 54.7 Å². The van der Waals surface area contributed by atoms with Crippen molar-refractivity contribution in [2.45, 2.75) is 25.2 Å². The third kappa shape index (κ3) is 4.14. The second kappa shape index (κ2) is 8.28. The Kier molecular flexibility index (Phi) is 6.08. The second-order valence-corrected chi connectivity index (χ2v) is 5.32. The van der Waals surface area contributed by atoms with E-state index in [0.29, 0.717) is 5.92 Å². The molecular weight excluding hydrogens is 272 g/mol. The summed E-state index contributed by atoms with van der Waals surface area (Å²) in [6.07, 6.45) is 5.26. The zero-order valence-electron chi connectivity index (χ0n) is 13.4. The number of ether oxygens (including phenoxy) is 2. The van der Waals surface area contributed by atoms with Gasteiger partial charge in [-0.15, -0.1) is 6.58 Å². The predicted octanol–water partition coefficient (Wildman–Crippen LogP) is 5.19. The van der Waals surface area contributed by atoms with E-state index in [-0.39, 0.29) is 0 Å². The average Bonchev–Trinajstić information content (AvgIpc) is 2.59. The van der Waals surface area contributed by atoms with E-state index in [1.54, 1.807) is 14.2 Å².